The van der Waals surface area contributed by atoms with E-state index in [4.69, 9.17) is 9.78 Å². The van der Waals surface area contributed by atoms with Crippen molar-refractivity contribution in [2.75, 3.05) is 6.61 Å². The van der Waals surface area contributed by atoms with Gasteiger partial charge in [-0.1, -0.05) is 155 Å². The lowest BCUT2D eigenvalue weighted by atomic mass is 9.92. The topological polar surface area (TPSA) is 113 Å². The van der Waals surface area contributed by atoms with Crippen molar-refractivity contribution in [3.05, 3.63) is 0 Å². The summed E-state index contributed by atoms with van der Waals surface area (Å²) in [6.07, 6.45) is 24.7. The Morgan fingerprint density at radius 2 is 0.925 bits per heavy atom. The summed E-state index contributed by atoms with van der Waals surface area (Å²) in [5.41, 5.74) is 0. The molecule has 0 bridgehead atoms. The predicted molar refractivity (Wildman–Crippen MR) is 162 cm³/mol. The smallest absolute Gasteiger partial charge is 0.361 e. The molecule has 3 N–H and O–H groups in total. The molecule has 40 heavy (non-hydrogen) atoms. The van der Waals surface area contributed by atoms with Crippen LogP contribution in [0.1, 0.15) is 174 Å². The van der Waals surface area contributed by atoms with Gasteiger partial charge in [0.15, 0.2) is 0 Å². The molecule has 0 aromatic heterocycles. The van der Waals surface area contributed by atoms with Gasteiger partial charge in [0.25, 0.3) is 0 Å². The Kier molecular flexibility index (Phi) is 28.5. The van der Waals surface area contributed by atoms with Gasteiger partial charge in [-0.3, -0.25) is 0 Å². The van der Waals surface area contributed by atoms with Gasteiger partial charge in [-0.25, -0.2) is 19.4 Å². The van der Waals surface area contributed by atoms with Crippen LogP contribution in [0.3, 0.4) is 0 Å². The minimum Gasteiger partial charge on any atom is -0.394 e. The van der Waals surface area contributed by atoms with E-state index < -0.39 is 36.7 Å². The highest BCUT2D eigenvalue weighted by Crippen LogP contribution is 2.21. The average molecular weight is 573 g/mol. The highest BCUT2D eigenvalue weighted by molar-refractivity contribution is 5.75. The zero-order valence-electron chi connectivity index (χ0n) is 26.1. The number of aliphatic hydroxyl groups excluding tert-OH is 3. The maximum atomic E-state index is 12.5. The van der Waals surface area contributed by atoms with E-state index in [1.165, 1.54) is 103 Å². The summed E-state index contributed by atoms with van der Waals surface area (Å²) < 4.78 is 0. The minimum atomic E-state index is -1.48. The summed E-state index contributed by atoms with van der Waals surface area (Å²) in [5, 5.41) is 29.4. The second kappa shape index (κ2) is 29.3. The fourth-order valence-corrected chi connectivity index (χ4v) is 5.13. The number of hydrogen-bond acceptors (Lipinski definition) is 7. The van der Waals surface area contributed by atoms with Crippen molar-refractivity contribution >= 4 is 11.9 Å². The van der Waals surface area contributed by atoms with E-state index in [2.05, 4.69) is 13.8 Å². The van der Waals surface area contributed by atoms with Crippen LogP contribution in [0.4, 0.5) is 0 Å². The lowest BCUT2D eigenvalue weighted by Gasteiger charge is -2.23. The normalized spacial score (nSPS) is 13.6. The van der Waals surface area contributed by atoms with E-state index in [1.54, 1.807) is 0 Å². The second-order valence-corrected chi connectivity index (χ2v) is 11.7. The quantitative estimate of drug-likeness (QED) is 0.0471. The monoisotopic (exact) mass is 572 g/mol. The standard InChI is InChI=1S/C33H64O7/c1-3-5-7-9-11-13-14-15-16-17-19-20-22-24-26-29(32(37)30(35)28-34)33(38)40-39-31(36)27-25-23-21-18-12-10-8-6-4-2/h29-30,32,34-35,37H,3-28H2,1-2H3. The molecule has 3 unspecified atom stereocenters. The van der Waals surface area contributed by atoms with Gasteiger partial charge in [-0.15, -0.1) is 0 Å². The molecule has 3 atom stereocenters. The molecule has 7 heteroatoms. The van der Waals surface area contributed by atoms with Crippen molar-refractivity contribution in [2.24, 2.45) is 5.92 Å². The molecule has 0 radical (unpaired) electrons. The molecule has 238 valence electrons. The summed E-state index contributed by atoms with van der Waals surface area (Å²) in [4.78, 5) is 34.0. The Bertz CT molecular complexity index is 569. The van der Waals surface area contributed by atoms with E-state index in [-0.39, 0.29) is 6.42 Å². The first-order valence-electron chi connectivity index (χ1n) is 16.9. The molecule has 0 spiro atoms. The number of hydrogen-bond donors (Lipinski definition) is 3. The van der Waals surface area contributed by atoms with Crippen molar-refractivity contribution in [1.29, 1.82) is 0 Å². The third kappa shape index (κ3) is 23.5. The van der Waals surface area contributed by atoms with Crippen molar-refractivity contribution < 1.29 is 34.7 Å². The van der Waals surface area contributed by atoms with Gasteiger partial charge in [0.1, 0.15) is 6.10 Å². The van der Waals surface area contributed by atoms with E-state index in [0.717, 1.165) is 32.1 Å². The maximum absolute atomic E-state index is 12.5. The molecule has 7 nitrogen and oxygen atoms in total. The van der Waals surface area contributed by atoms with Gasteiger partial charge < -0.3 is 15.3 Å². The molecule has 0 amide bonds. The Hall–Kier alpha value is -1.18. The molecule has 0 saturated carbocycles. The van der Waals surface area contributed by atoms with Crippen LogP contribution < -0.4 is 0 Å². The summed E-state index contributed by atoms with van der Waals surface area (Å²) >= 11 is 0. The van der Waals surface area contributed by atoms with Crippen LogP contribution in [0, 0.1) is 5.92 Å². The number of carbonyl (C=O) groups excluding carboxylic acids is 2. The van der Waals surface area contributed by atoms with Crippen LogP contribution in [0.5, 0.6) is 0 Å². The van der Waals surface area contributed by atoms with E-state index in [9.17, 15) is 24.9 Å². The number of aliphatic hydroxyl groups is 3. The molecule has 0 rings (SSSR count). The summed E-state index contributed by atoms with van der Waals surface area (Å²) in [6.45, 7) is 3.79. The Balaban J connectivity index is 4.05. The molecule has 0 aliphatic carbocycles. The lowest BCUT2D eigenvalue weighted by molar-refractivity contribution is -0.265. The molecule has 0 aliphatic rings. The van der Waals surface area contributed by atoms with Gasteiger partial charge in [0.05, 0.1) is 25.0 Å². The molecule has 0 aromatic carbocycles. The molecular formula is C33H64O7. The Morgan fingerprint density at radius 1 is 0.550 bits per heavy atom. The highest BCUT2D eigenvalue weighted by atomic mass is 17.2. The zero-order valence-corrected chi connectivity index (χ0v) is 26.1. The number of rotatable bonds is 29. The van der Waals surface area contributed by atoms with Gasteiger partial charge in [0.2, 0.25) is 0 Å². The van der Waals surface area contributed by atoms with Gasteiger partial charge in [0, 0.05) is 0 Å². The highest BCUT2D eigenvalue weighted by Gasteiger charge is 2.34. The first-order valence-corrected chi connectivity index (χ1v) is 16.9. The SMILES string of the molecule is CCCCCCCCCCCCCCCCC(C(=O)OOC(=O)CCCCCCCCCCC)C(O)C(O)CO. The van der Waals surface area contributed by atoms with E-state index in [1.807, 2.05) is 0 Å². The largest absolute Gasteiger partial charge is 0.394 e. The van der Waals surface area contributed by atoms with Gasteiger partial charge in [-0.2, -0.15) is 0 Å². The zero-order chi connectivity index (χ0) is 29.7. The summed E-state index contributed by atoms with van der Waals surface area (Å²) in [5.74, 6) is -2.54. The first-order chi connectivity index (χ1) is 19.5. The molecule has 0 aromatic rings. The molecule has 0 saturated heterocycles. The van der Waals surface area contributed by atoms with Crippen LogP contribution in [0.25, 0.3) is 0 Å². The minimum absolute atomic E-state index is 0.175. The fraction of sp³-hybridized carbons (Fsp3) is 0.939. The first kappa shape index (κ1) is 38.8. The summed E-state index contributed by atoms with van der Waals surface area (Å²) in [6, 6.07) is 0. The van der Waals surface area contributed by atoms with Crippen molar-refractivity contribution in [3.63, 3.8) is 0 Å². The predicted octanol–water partition coefficient (Wildman–Crippen LogP) is 8.11. The Morgan fingerprint density at radius 3 is 1.32 bits per heavy atom. The summed E-state index contributed by atoms with van der Waals surface area (Å²) in [7, 11) is 0. The third-order valence-electron chi connectivity index (χ3n) is 7.87. The van der Waals surface area contributed by atoms with Gasteiger partial charge in [-0.05, 0) is 12.8 Å². The lowest BCUT2D eigenvalue weighted by Crippen LogP contribution is -2.40. The second-order valence-electron chi connectivity index (χ2n) is 11.7. The number of unbranched alkanes of at least 4 members (excludes halogenated alkanes) is 21. The van der Waals surface area contributed by atoms with Crippen LogP contribution in [-0.2, 0) is 19.4 Å². The molecule has 0 fully saturated rings. The maximum Gasteiger partial charge on any atom is 0.361 e. The Labute approximate surface area is 245 Å². The average Bonchev–Trinajstić information content (AvgIpc) is 2.96. The molecule has 0 heterocycles. The van der Waals surface area contributed by atoms with Crippen LogP contribution >= 0.6 is 0 Å². The van der Waals surface area contributed by atoms with Crippen LogP contribution in [-0.4, -0.2) is 46.1 Å². The van der Waals surface area contributed by atoms with Crippen molar-refractivity contribution in [3.8, 4) is 0 Å². The number of carbonyl (C=O) groups is 2. The third-order valence-corrected chi connectivity index (χ3v) is 7.87. The van der Waals surface area contributed by atoms with Crippen LogP contribution in [0.15, 0.2) is 0 Å². The molecular weight excluding hydrogens is 508 g/mol. The van der Waals surface area contributed by atoms with E-state index in [0.29, 0.717) is 19.3 Å². The molecule has 0 aliphatic heterocycles. The van der Waals surface area contributed by atoms with Crippen molar-refractivity contribution in [1.82, 2.24) is 0 Å². The van der Waals surface area contributed by atoms with E-state index >= 15 is 0 Å². The van der Waals surface area contributed by atoms with Gasteiger partial charge >= 0.3 is 11.9 Å². The fourth-order valence-electron chi connectivity index (χ4n) is 5.13. The van der Waals surface area contributed by atoms with Crippen LogP contribution in [0.2, 0.25) is 0 Å². The van der Waals surface area contributed by atoms with Crippen molar-refractivity contribution in [2.45, 2.75) is 187 Å².